The van der Waals surface area contributed by atoms with Gasteiger partial charge in [0.25, 0.3) is 0 Å². The van der Waals surface area contributed by atoms with Gasteiger partial charge in [-0.15, -0.1) is 0 Å². The molecule has 0 bridgehead atoms. The fourth-order valence-corrected chi connectivity index (χ4v) is 2.84. The molecule has 2 unspecified atom stereocenters. The summed E-state index contributed by atoms with van der Waals surface area (Å²) >= 11 is 0. The second-order valence-electron chi connectivity index (χ2n) is 5.41. The van der Waals surface area contributed by atoms with Gasteiger partial charge in [0.1, 0.15) is 0 Å². The van der Waals surface area contributed by atoms with Gasteiger partial charge < -0.3 is 15.4 Å². The summed E-state index contributed by atoms with van der Waals surface area (Å²) in [6.07, 6.45) is 1.99. The smallest absolute Gasteiger partial charge is 0.311 e. The Morgan fingerprint density at radius 1 is 1.48 bits per heavy atom. The van der Waals surface area contributed by atoms with Crippen LogP contribution in [0, 0.1) is 16.0 Å². The van der Waals surface area contributed by atoms with Crippen LogP contribution in [0.15, 0.2) is 18.2 Å². The molecule has 0 radical (unpaired) electrons. The number of ether oxygens (including phenoxy) is 1. The molecule has 1 heterocycles. The minimum atomic E-state index is -0.407. The first kappa shape index (κ1) is 15.6. The van der Waals surface area contributed by atoms with Gasteiger partial charge in [-0.25, -0.2) is 0 Å². The highest BCUT2D eigenvalue weighted by Crippen LogP contribution is 2.33. The molecule has 0 amide bonds. The molecule has 1 fully saturated rings. The molecule has 0 aliphatic carbocycles. The van der Waals surface area contributed by atoms with Crippen LogP contribution in [0.25, 0.3) is 0 Å². The van der Waals surface area contributed by atoms with E-state index in [0.717, 1.165) is 31.6 Å². The van der Waals surface area contributed by atoms with Crippen molar-refractivity contribution in [2.24, 2.45) is 11.7 Å². The van der Waals surface area contributed by atoms with Gasteiger partial charge in [-0.3, -0.25) is 10.1 Å². The Morgan fingerprint density at radius 2 is 2.24 bits per heavy atom. The van der Waals surface area contributed by atoms with Gasteiger partial charge in [0.2, 0.25) is 0 Å². The molecule has 2 N–H and O–H groups in total. The largest absolute Gasteiger partial charge is 0.487 e. The highest BCUT2D eigenvalue weighted by molar-refractivity contribution is 5.59. The maximum Gasteiger partial charge on any atom is 0.311 e. The Labute approximate surface area is 125 Å². The summed E-state index contributed by atoms with van der Waals surface area (Å²) in [4.78, 5) is 12.9. The van der Waals surface area contributed by atoms with E-state index in [1.54, 1.807) is 12.1 Å². The van der Waals surface area contributed by atoms with E-state index in [9.17, 15) is 10.1 Å². The molecule has 1 saturated heterocycles. The average Bonchev–Trinajstić information content (AvgIpc) is 2.47. The van der Waals surface area contributed by atoms with Crippen LogP contribution in [0.1, 0.15) is 26.7 Å². The molecule has 1 aromatic carbocycles. The van der Waals surface area contributed by atoms with E-state index >= 15 is 0 Å². The molecule has 2 rings (SSSR count). The summed E-state index contributed by atoms with van der Waals surface area (Å²) in [6, 6.07) is 5.33. The van der Waals surface area contributed by atoms with Crippen LogP contribution >= 0.6 is 0 Å². The van der Waals surface area contributed by atoms with Crippen LogP contribution in [-0.2, 0) is 0 Å². The third kappa shape index (κ3) is 3.44. The Kier molecular flexibility index (Phi) is 5.01. The predicted octanol–water partition coefficient (Wildman–Crippen LogP) is 2.56. The second-order valence-corrected chi connectivity index (χ2v) is 5.41. The Morgan fingerprint density at radius 3 is 2.86 bits per heavy atom. The SMILES string of the molecule is CCOc1cc(N2CCC(N)C(CC)C2)ccc1[N+](=O)[O-]. The predicted molar refractivity (Wildman–Crippen MR) is 82.9 cm³/mol. The fraction of sp³-hybridized carbons (Fsp3) is 0.600. The number of rotatable bonds is 5. The number of nitro benzene ring substituents is 1. The highest BCUT2D eigenvalue weighted by Gasteiger charge is 2.26. The van der Waals surface area contributed by atoms with E-state index in [1.807, 2.05) is 6.92 Å². The monoisotopic (exact) mass is 293 g/mol. The van der Waals surface area contributed by atoms with E-state index in [0.29, 0.717) is 18.3 Å². The lowest BCUT2D eigenvalue weighted by Crippen LogP contribution is -2.46. The van der Waals surface area contributed by atoms with Gasteiger partial charge in [-0.1, -0.05) is 13.3 Å². The summed E-state index contributed by atoms with van der Waals surface area (Å²) in [7, 11) is 0. The quantitative estimate of drug-likeness (QED) is 0.666. The van der Waals surface area contributed by atoms with Gasteiger partial charge in [-0.2, -0.15) is 0 Å². The van der Waals surface area contributed by atoms with Crippen LogP contribution in [0.3, 0.4) is 0 Å². The number of nitrogens with zero attached hydrogens (tertiary/aromatic N) is 2. The number of anilines is 1. The topological polar surface area (TPSA) is 81.6 Å². The molecule has 6 nitrogen and oxygen atoms in total. The van der Waals surface area contributed by atoms with Crippen molar-refractivity contribution >= 4 is 11.4 Å². The van der Waals surface area contributed by atoms with Crippen molar-refractivity contribution in [3.8, 4) is 5.75 Å². The molecular weight excluding hydrogens is 270 g/mol. The summed E-state index contributed by atoms with van der Waals surface area (Å²) in [5, 5.41) is 11.0. The normalized spacial score (nSPS) is 22.1. The maximum atomic E-state index is 11.0. The van der Waals surface area contributed by atoms with Crippen LogP contribution in [0.4, 0.5) is 11.4 Å². The molecule has 1 aliphatic rings. The second kappa shape index (κ2) is 6.76. The molecule has 1 aromatic rings. The standard InChI is InChI=1S/C15H23N3O3/c1-3-11-10-17(8-7-13(11)16)12-5-6-14(18(19)20)15(9-12)21-4-2/h5-6,9,11,13H,3-4,7-8,10,16H2,1-2H3. The van der Waals surface area contributed by atoms with Crippen molar-refractivity contribution in [1.29, 1.82) is 0 Å². The van der Waals surface area contributed by atoms with Crippen LogP contribution < -0.4 is 15.4 Å². The van der Waals surface area contributed by atoms with Gasteiger partial charge in [0.15, 0.2) is 5.75 Å². The molecule has 0 aromatic heterocycles. The first-order valence-corrected chi connectivity index (χ1v) is 7.48. The van der Waals surface area contributed by atoms with Crippen molar-refractivity contribution in [1.82, 2.24) is 0 Å². The number of hydrogen-bond acceptors (Lipinski definition) is 5. The van der Waals surface area contributed by atoms with E-state index < -0.39 is 4.92 Å². The van der Waals surface area contributed by atoms with Crippen molar-refractivity contribution < 1.29 is 9.66 Å². The van der Waals surface area contributed by atoms with Crippen molar-refractivity contribution in [3.63, 3.8) is 0 Å². The van der Waals surface area contributed by atoms with Gasteiger partial charge >= 0.3 is 5.69 Å². The zero-order valence-electron chi connectivity index (χ0n) is 12.6. The number of nitrogens with two attached hydrogens (primary N) is 1. The first-order chi connectivity index (χ1) is 10.1. The fourth-order valence-electron chi connectivity index (χ4n) is 2.84. The lowest BCUT2D eigenvalue weighted by molar-refractivity contribution is -0.385. The van der Waals surface area contributed by atoms with Crippen molar-refractivity contribution in [2.75, 3.05) is 24.6 Å². The van der Waals surface area contributed by atoms with E-state index in [-0.39, 0.29) is 11.7 Å². The zero-order chi connectivity index (χ0) is 15.4. The number of benzene rings is 1. The van der Waals surface area contributed by atoms with Gasteiger partial charge in [0, 0.05) is 37.0 Å². The third-order valence-electron chi connectivity index (χ3n) is 4.12. The lowest BCUT2D eigenvalue weighted by atomic mass is 9.90. The van der Waals surface area contributed by atoms with Crippen LogP contribution in [0.2, 0.25) is 0 Å². The number of hydrogen-bond donors (Lipinski definition) is 1. The number of piperidine rings is 1. The Bertz CT molecular complexity index is 507. The molecule has 2 atom stereocenters. The summed E-state index contributed by atoms with van der Waals surface area (Å²) in [5.41, 5.74) is 7.11. The van der Waals surface area contributed by atoms with E-state index in [1.165, 1.54) is 6.07 Å². The molecule has 0 spiro atoms. The van der Waals surface area contributed by atoms with Gasteiger partial charge in [-0.05, 0) is 25.3 Å². The summed E-state index contributed by atoms with van der Waals surface area (Å²) in [5.74, 6) is 0.799. The summed E-state index contributed by atoms with van der Waals surface area (Å²) in [6.45, 7) is 6.15. The third-order valence-corrected chi connectivity index (χ3v) is 4.12. The number of nitro groups is 1. The maximum absolute atomic E-state index is 11.0. The zero-order valence-corrected chi connectivity index (χ0v) is 12.6. The Balaban J connectivity index is 2.24. The van der Waals surface area contributed by atoms with Crippen molar-refractivity contribution in [3.05, 3.63) is 28.3 Å². The molecule has 0 saturated carbocycles. The van der Waals surface area contributed by atoms with Crippen molar-refractivity contribution in [2.45, 2.75) is 32.7 Å². The molecule has 116 valence electrons. The minimum absolute atomic E-state index is 0.0151. The van der Waals surface area contributed by atoms with Gasteiger partial charge in [0.05, 0.1) is 11.5 Å². The average molecular weight is 293 g/mol. The molecule has 21 heavy (non-hydrogen) atoms. The first-order valence-electron chi connectivity index (χ1n) is 7.48. The molecular formula is C15H23N3O3. The Hall–Kier alpha value is -1.82. The van der Waals surface area contributed by atoms with E-state index in [2.05, 4.69) is 11.8 Å². The van der Waals surface area contributed by atoms with E-state index in [4.69, 9.17) is 10.5 Å². The van der Waals surface area contributed by atoms with Crippen LogP contribution in [0.5, 0.6) is 5.75 Å². The molecule has 6 heteroatoms. The minimum Gasteiger partial charge on any atom is -0.487 e. The van der Waals surface area contributed by atoms with Crippen LogP contribution in [-0.4, -0.2) is 30.7 Å². The lowest BCUT2D eigenvalue weighted by Gasteiger charge is -2.38. The highest BCUT2D eigenvalue weighted by atomic mass is 16.6. The molecule has 1 aliphatic heterocycles. The summed E-state index contributed by atoms with van der Waals surface area (Å²) < 4.78 is 5.41.